The normalized spacial score (nSPS) is 14.4. The van der Waals surface area contributed by atoms with Crippen LogP contribution in [0.3, 0.4) is 0 Å². The highest BCUT2D eigenvalue weighted by Crippen LogP contribution is 2.29. The van der Waals surface area contributed by atoms with E-state index in [2.05, 4.69) is 12.1 Å². The molecule has 0 aliphatic rings. The lowest BCUT2D eigenvalue weighted by Crippen LogP contribution is -2.07. The Balaban J connectivity index is 2.20. The SMILES string of the molecule is CC(c1ccccc1)[C@H](O)c1ccccc1. The van der Waals surface area contributed by atoms with E-state index in [0.29, 0.717) is 0 Å². The Bertz CT molecular complexity index is 378. The minimum absolute atomic E-state index is 0.114. The Hall–Kier alpha value is -1.60. The molecular weight excluding hydrogens is 196 g/mol. The van der Waals surface area contributed by atoms with Gasteiger partial charge in [-0.1, -0.05) is 67.6 Å². The molecule has 0 fully saturated rings. The van der Waals surface area contributed by atoms with E-state index in [-0.39, 0.29) is 5.92 Å². The van der Waals surface area contributed by atoms with Gasteiger partial charge in [-0.05, 0) is 11.1 Å². The number of benzene rings is 2. The second kappa shape index (κ2) is 4.95. The maximum atomic E-state index is 10.2. The fourth-order valence-corrected chi connectivity index (χ4v) is 1.88. The molecule has 2 aromatic rings. The van der Waals surface area contributed by atoms with Gasteiger partial charge >= 0.3 is 0 Å². The molecule has 0 heterocycles. The van der Waals surface area contributed by atoms with Gasteiger partial charge in [0, 0.05) is 5.92 Å². The van der Waals surface area contributed by atoms with Crippen LogP contribution in [0.15, 0.2) is 60.7 Å². The first-order valence-electron chi connectivity index (χ1n) is 5.57. The highest BCUT2D eigenvalue weighted by molar-refractivity contribution is 5.25. The molecule has 0 radical (unpaired) electrons. The Labute approximate surface area is 96.4 Å². The summed E-state index contributed by atoms with van der Waals surface area (Å²) in [5.41, 5.74) is 2.14. The van der Waals surface area contributed by atoms with Crippen molar-refractivity contribution in [2.75, 3.05) is 0 Å². The van der Waals surface area contributed by atoms with Crippen LogP contribution in [0.1, 0.15) is 30.1 Å². The summed E-state index contributed by atoms with van der Waals surface area (Å²) in [6.45, 7) is 2.05. The first-order chi connectivity index (χ1) is 7.79. The molecule has 0 aromatic heterocycles. The first-order valence-corrected chi connectivity index (χ1v) is 5.57. The molecule has 0 saturated carbocycles. The topological polar surface area (TPSA) is 20.2 Å². The molecule has 2 aromatic carbocycles. The third-order valence-electron chi connectivity index (χ3n) is 2.94. The highest BCUT2D eigenvalue weighted by atomic mass is 16.3. The fraction of sp³-hybridized carbons (Fsp3) is 0.200. The summed E-state index contributed by atoms with van der Waals surface area (Å²) < 4.78 is 0. The lowest BCUT2D eigenvalue weighted by molar-refractivity contribution is 0.151. The van der Waals surface area contributed by atoms with Crippen LogP contribution in [0.5, 0.6) is 0 Å². The number of aliphatic hydroxyl groups is 1. The van der Waals surface area contributed by atoms with Gasteiger partial charge < -0.3 is 5.11 Å². The van der Waals surface area contributed by atoms with Crippen LogP contribution >= 0.6 is 0 Å². The molecule has 1 N–H and O–H groups in total. The van der Waals surface area contributed by atoms with E-state index in [4.69, 9.17) is 0 Å². The van der Waals surface area contributed by atoms with Crippen molar-refractivity contribution >= 4 is 0 Å². The van der Waals surface area contributed by atoms with Crippen LogP contribution < -0.4 is 0 Å². The zero-order chi connectivity index (χ0) is 11.4. The Morgan fingerprint density at radius 2 is 1.19 bits per heavy atom. The van der Waals surface area contributed by atoms with Gasteiger partial charge in [-0.3, -0.25) is 0 Å². The molecule has 0 spiro atoms. The van der Waals surface area contributed by atoms with Crippen LogP contribution in [-0.2, 0) is 0 Å². The molecular formula is C15H16O. The number of hydrogen-bond donors (Lipinski definition) is 1. The maximum absolute atomic E-state index is 10.2. The average molecular weight is 212 g/mol. The summed E-state index contributed by atoms with van der Waals surface area (Å²) in [6.07, 6.45) is -0.441. The van der Waals surface area contributed by atoms with Crippen molar-refractivity contribution in [1.29, 1.82) is 0 Å². The van der Waals surface area contributed by atoms with Crippen molar-refractivity contribution < 1.29 is 5.11 Å². The van der Waals surface area contributed by atoms with Crippen LogP contribution in [0.4, 0.5) is 0 Å². The zero-order valence-electron chi connectivity index (χ0n) is 9.38. The number of rotatable bonds is 3. The molecule has 0 aliphatic carbocycles. The van der Waals surface area contributed by atoms with Gasteiger partial charge in [0.05, 0.1) is 6.10 Å². The van der Waals surface area contributed by atoms with Crippen LogP contribution in [-0.4, -0.2) is 5.11 Å². The number of hydrogen-bond acceptors (Lipinski definition) is 1. The Morgan fingerprint density at radius 3 is 1.69 bits per heavy atom. The van der Waals surface area contributed by atoms with E-state index in [9.17, 15) is 5.11 Å². The van der Waals surface area contributed by atoms with Crippen LogP contribution in [0.25, 0.3) is 0 Å². The smallest absolute Gasteiger partial charge is 0.0855 e. The highest BCUT2D eigenvalue weighted by Gasteiger charge is 2.17. The molecule has 2 rings (SSSR count). The quantitative estimate of drug-likeness (QED) is 0.825. The average Bonchev–Trinajstić information content (AvgIpc) is 2.39. The summed E-state index contributed by atoms with van der Waals surface area (Å²) >= 11 is 0. The van der Waals surface area contributed by atoms with Crippen molar-refractivity contribution in [3.8, 4) is 0 Å². The van der Waals surface area contributed by atoms with Crippen LogP contribution in [0, 0.1) is 0 Å². The molecule has 16 heavy (non-hydrogen) atoms. The lowest BCUT2D eigenvalue weighted by Gasteiger charge is -2.19. The summed E-state index contributed by atoms with van der Waals surface area (Å²) in [7, 11) is 0. The van der Waals surface area contributed by atoms with Crippen LogP contribution in [0.2, 0.25) is 0 Å². The maximum Gasteiger partial charge on any atom is 0.0855 e. The van der Waals surface area contributed by atoms with Gasteiger partial charge in [-0.25, -0.2) is 0 Å². The van der Waals surface area contributed by atoms with E-state index in [1.165, 1.54) is 5.56 Å². The number of aliphatic hydroxyl groups excluding tert-OH is 1. The van der Waals surface area contributed by atoms with Crippen molar-refractivity contribution in [2.45, 2.75) is 18.9 Å². The summed E-state index contributed by atoms with van der Waals surface area (Å²) in [4.78, 5) is 0. The predicted molar refractivity (Wildman–Crippen MR) is 66.3 cm³/mol. The second-order valence-corrected chi connectivity index (χ2v) is 4.05. The second-order valence-electron chi connectivity index (χ2n) is 4.05. The summed E-state index contributed by atoms with van der Waals surface area (Å²) in [5.74, 6) is 0.114. The van der Waals surface area contributed by atoms with E-state index in [1.807, 2.05) is 55.5 Å². The van der Waals surface area contributed by atoms with E-state index in [0.717, 1.165) is 5.56 Å². The molecule has 1 nitrogen and oxygen atoms in total. The van der Waals surface area contributed by atoms with Gasteiger partial charge in [0.15, 0.2) is 0 Å². The fourth-order valence-electron chi connectivity index (χ4n) is 1.88. The Morgan fingerprint density at radius 1 is 0.750 bits per heavy atom. The molecule has 1 heteroatoms. The predicted octanol–water partition coefficient (Wildman–Crippen LogP) is 3.52. The lowest BCUT2D eigenvalue weighted by atomic mass is 9.91. The van der Waals surface area contributed by atoms with E-state index < -0.39 is 6.10 Å². The third-order valence-corrected chi connectivity index (χ3v) is 2.94. The first kappa shape index (κ1) is 10.9. The van der Waals surface area contributed by atoms with Gasteiger partial charge in [0.1, 0.15) is 0 Å². The summed E-state index contributed by atoms with van der Waals surface area (Å²) in [5, 5.41) is 10.2. The largest absolute Gasteiger partial charge is 0.388 e. The summed E-state index contributed by atoms with van der Waals surface area (Å²) in [6, 6.07) is 19.9. The molecule has 0 bridgehead atoms. The van der Waals surface area contributed by atoms with Crippen molar-refractivity contribution in [3.63, 3.8) is 0 Å². The molecule has 0 amide bonds. The zero-order valence-corrected chi connectivity index (χ0v) is 9.38. The van der Waals surface area contributed by atoms with E-state index in [1.54, 1.807) is 0 Å². The standard InChI is InChI=1S/C15H16O/c1-12(13-8-4-2-5-9-13)15(16)14-10-6-3-7-11-14/h2-12,15-16H,1H3/t12?,15-/m0/s1. The van der Waals surface area contributed by atoms with Gasteiger partial charge in [0.2, 0.25) is 0 Å². The van der Waals surface area contributed by atoms with E-state index >= 15 is 0 Å². The minimum Gasteiger partial charge on any atom is -0.388 e. The van der Waals surface area contributed by atoms with Crippen molar-refractivity contribution in [2.24, 2.45) is 0 Å². The minimum atomic E-state index is -0.441. The molecule has 82 valence electrons. The van der Waals surface area contributed by atoms with Gasteiger partial charge in [0.25, 0.3) is 0 Å². The monoisotopic (exact) mass is 212 g/mol. The molecule has 1 unspecified atom stereocenters. The molecule has 0 saturated heterocycles. The van der Waals surface area contributed by atoms with Gasteiger partial charge in [-0.15, -0.1) is 0 Å². The molecule has 0 aliphatic heterocycles. The van der Waals surface area contributed by atoms with Gasteiger partial charge in [-0.2, -0.15) is 0 Å². The van der Waals surface area contributed by atoms with Crippen molar-refractivity contribution in [3.05, 3.63) is 71.8 Å². The van der Waals surface area contributed by atoms with Crippen molar-refractivity contribution in [1.82, 2.24) is 0 Å². The Kier molecular flexibility index (Phi) is 3.37. The molecule has 2 atom stereocenters. The third kappa shape index (κ3) is 2.31.